The molecule has 0 atom stereocenters. The fourth-order valence-corrected chi connectivity index (χ4v) is 1.67. The largest absolute Gasteiger partial charge is 0.457 e. The lowest BCUT2D eigenvalue weighted by atomic mass is 10.3. The van der Waals surface area contributed by atoms with Crippen LogP contribution in [0.1, 0.15) is 0 Å². The Labute approximate surface area is 105 Å². The van der Waals surface area contributed by atoms with Crippen molar-refractivity contribution < 1.29 is 4.74 Å². The van der Waals surface area contributed by atoms with Crippen LogP contribution in [0.25, 0.3) is 5.69 Å². The molecule has 18 heavy (non-hydrogen) atoms. The molecule has 1 radical (unpaired) electrons. The Morgan fingerprint density at radius 1 is 0.889 bits per heavy atom. The number of aromatic nitrogens is 2. The first-order valence-electron chi connectivity index (χ1n) is 5.67. The van der Waals surface area contributed by atoms with Gasteiger partial charge >= 0.3 is 0 Å². The van der Waals surface area contributed by atoms with Crippen LogP contribution >= 0.6 is 0 Å². The van der Waals surface area contributed by atoms with E-state index in [1.807, 2.05) is 60.8 Å². The second kappa shape index (κ2) is 4.75. The molecule has 0 spiro atoms. The van der Waals surface area contributed by atoms with Crippen LogP contribution in [0.4, 0.5) is 0 Å². The summed E-state index contributed by atoms with van der Waals surface area (Å²) >= 11 is 0. The van der Waals surface area contributed by atoms with Crippen molar-refractivity contribution >= 4 is 0 Å². The third kappa shape index (κ3) is 2.25. The zero-order chi connectivity index (χ0) is 12.2. The Kier molecular flexibility index (Phi) is 2.80. The molecular formula is C15H11N2O. The Balaban J connectivity index is 1.80. The Hall–Kier alpha value is -2.55. The van der Waals surface area contributed by atoms with Gasteiger partial charge in [-0.15, -0.1) is 0 Å². The summed E-state index contributed by atoms with van der Waals surface area (Å²) in [7, 11) is 0. The Morgan fingerprint density at radius 3 is 2.28 bits per heavy atom. The maximum atomic E-state index is 5.71. The maximum absolute atomic E-state index is 5.71. The van der Waals surface area contributed by atoms with Crippen molar-refractivity contribution in [1.82, 2.24) is 9.78 Å². The summed E-state index contributed by atoms with van der Waals surface area (Å²) < 4.78 is 7.47. The van der Waals surface area contributed by atoms with E-state index >= 15 is 0 Å². The molecule has 1 aromatic heterocycles. The molecule has 0 fully saturated rings. The third-order valence-electron chi connectivity index (χ3n) is 2.54. The zero-order valence-electron chi connectivity index (χ0n) is 9.65. The fraction of sp³-hybridized carbons (Fsp3) is 0. The first kappa shape index (κ1) is 10.6. The molecule has 2 aromatic carbocycles. The van der Waals surface area contributed by atoms with E-state index in [9.17, 15) is 0 Å². The molecule has 0 N–H and O–H groups in total. The van der Waals surface area contributed by atoms with E-state index in [-0.39, 0.29) is 0 Å². The highest BCUT2D eigenvalue weighted by Crippen LogP contribution is 2.21. The van der Waals surface area contributed by atoms with E-state index in [1.54, 1.807) is 10.7 Å². The van der Waals surface area contributed by atoms with Crippen molar-refractivity contribution in [2.24, 2.45) is 0 Å². The number of nitrogens with zero attached hydrogens (tertiary/aromatic N) is 2. The van der Waals surface area contributed by atoms with Crippen molar-refractivity contribution in [2.45, 2.75) is 0 Å². The zero-order valence-corrected chi connectivity index (χ0v) is 9.65. The predicted molar refractivity (Wildman–Crippen MR) is 68.9 cm³/mol. The minimum atomic E-state index is 0.807. The molecule has 3 nitrogen and oxygen atoms in total. The lowest BCUT2D eigenvalue weighted by Gasteiger charge is -2.06. The summed E-state index contributed by atoms with van der Waals surface area (Å²) in [5.74, 6) is 1.64. The standard InChI is InChI=1S/C15H11N2O/c1-2-5-14(6-3-1)18-15-9-7-13(8-10-15)17-12-4-11-16-17/h1-10,12H. The highest BCUT2D eigenvalue weighted by Gasteiger charge is 1.99. The summed E-state index contributed by atoms with van der Waals surface area (Å²) in [5, 5.41) is 4.05. The SMILES string of the molecule is [c]1ccn(-c2ccc(Oc3ccccc3)cc2)n1. The molecule has 0 bridgehead atoms. The van der Waals surface area contributed by atoms with Crippen molar-refractivity contribution in [1.29, 1.82) is 0 Å². The van der Waals surface area contributed by atoms with Gasteiger partial charge in [0.05, 0.1) is 5.69 Å². The molecule has 0 unspecified atom stereocenters. The van der Waals surface area contributed by atoms with E-state index in [0.717, 1.165) is 17.2 Å². The van der Waals surface area contributed by atoms with Gasteiger partial charge in [0.15, 0.2) is 0 Å². The molecule has 3 rings (SSSR count). The van der Waals surface area contributed by atoms with Crippen LogP contribution < -0.4 is 4.74 Å². The first-order chi connectivity index (χ1) is 8.92. The molecule has 0 saturated carbocycles. The number of rotatable bonds is 3. The predicted octanol–water partition coefficient (Wildman–Crippen LogP) is 3.46. The number of benzene rings is 2. The van der Waals surface area contributed by atoms with Gasteiger partial charge in [-0.3, -0.25) is 0 Å². The molecule has 3 aromatic rings. The number of hydrogen-bond acceptors (Lipinski definition) is 2. The molecule has 0 aliphatic heterocycles. The monoisotopic (exact) mass is 235 g/mol. The van der Waals surface area contributed by atoms with Crippen molar-refractivity contribution in [2.75, 3.05) is 0 Å². The number of ether oxygens (including phenoxy) is 1. The minimum Gasteiger partial charge on any atom is -0.457 e. The third-order valence-corrected chi connectivity index (χ3v) is 2.54. The lowest BCUT2D eigenvalue weighted by molar-refractivity contribution is 0.482. The van der Waals surface area contributed by atoms with Crippen LogP contribution in [0, 0.1) is 6.20 Å². The summed E-state index contributed by atoms with van der Waals surface area (Å²) in [6.07, 6.45) is 4.62. The van der Waals surface area contributed by atoms with E-state index < -0.39 is 0 Å². The highest BCUT2D eigenvalue weighted by atomic mass is 16.5. The lowest BCUT2D eigenvalue weighted by Crippen LogP contribution is -1.93. The van der Waals surface area contributed by atoms with Gasteiger partial charge in [0.1, 0.15) is 17.7 Å². The van der Waals surface area contributed by atoms with Gasteiger partial charge in [0, 0.05) is 6.20 Å². The van der Waals surface area contributed by atoms with Gasteiger partial charge < -0.3 is 4.74 Å². The van der Waals surface area contributed by atoms with Crippen molar-refractivity contribution in [3.05, 3.63) is 73.1 Å². The maximum Gasteiger partial charge on any atom is 0.127 e. The molecule has 87 valence electrons. The molecule has 0 aliphatic rings. The van der Waals surface area contributed by atoms with Gasteiger partial charge in [0.2, 0.25) is 0 Å². The van der Waals surface area contributed by atoms with Crippen LogP contribution in [0.3, 0.4) is 0 Å². The highest BCUT2D eigenvalue weighted by molar-refractivity contribution is 5.38. The fourth-order valence-electron chi connectivity index (χ4n) is 1.67. The van der Waals surface area contributed by atoms with Crippen LogP contribution in [0.15, 0.2) is 66.9 Å². The first-order valence-corrected chi connectivity index (χ1v) is 5.67. The molecule has 0 amide bonds. The molecule has 3 heteroatoms. The van der Waals surface area contributed by atoms with Crippen LogP contribution in [-0.2, 0) is 0 Å². The second-order valence-corrected chi connectivity index (χ2v) is 3.80. The van der Waals surface area contributed by atoms with Crippen LogP contribution in [0.5, 0.6) is 11.5 Å². The quantitative estimate of drug-likeness (QED) is 0.695. The van der Waals surface area contributed by atoms with Gasteiger partial charge in [-0.1, -0.05) is 18.2 Å². The van der Waals surface area contributed by atoms with E-state index in [2.05, 4.69) is 11.3 Å². The normalized spacial score (nSPS) is 10.2. The van der Waals surface area contributed by atoms with E-state index in [4.69, 9.17) is 4.74 Å². The van der Waals surface area contributed by atoms with Gasteiger partial charge in [-0.05, 0) is 42.5 Å². The van der Waals surface area contributed by atoms with Gasteiger partial charge in [0.25, 0.3) is 0 Å². The van der Waals surface area contributed by atoms with Crippen molar-refractivity contribution in [3.63, 3.8) is 0 Å². The number of hydrogen-bond donors (Lipinski definition) is 0. The second-order valence-electron chi connectivity index (χ2n) is 3.80. The molecular weight excluding hydrogens is 224 g/mol. The summed E-state index contributed by atoms with van der Waals surface area (Å²) in [6, 6.07) is 19.2. The van der Waals surface area contributed by atoms with E-state index in [1.165, 1.54) is 0 Å². The van der Waals surface area contributed by atoms with Gasteiger partial charge in [-0.25, -0.2) is 4.68 Å². The average Bonchev–Trinajstić information content (AvgIpc) is 2.95. The smallest absolute Gasteiger partial charge is 0.127 e. The molecule has 1 heterocycles. The topological polar surface area (TPSA) is 27.1 Å². The summed E-state index contributed by atoms with van der Waals surface area (Å²) in [6.45, 7) is 0. The number of para-hydroxylation sites is 1. The van der Waals surface area contributed by atoms with Crippen LogP contribution in [0.2, 0.25) is 0 Å². The van der Waals surface area contributed by atoms with Crippen molar-refractivity contribution in [3.8, 4) is 17.2 Å². The molecule has 0 saturated heterocycles. The molecule has 0 aliphatic carbocycles. The average molecular weight is 235 g/mol. The van der Waals surface area contributed by atoms with E-state index in [0.29, 0.717) is 0 Å². The Bertz CT molecular complexity index is 601. The van der Waals surface area contributed by atoms with Gasteiger partial charge in [-0.2, -0.15) is 5.10 Å². The summed E-state index contributed by atoms with van der Waals surface area (Å²) in [4.78, 5) is 0. The Morgan fingerprint density at radius 2 is 1.61 bits per heavy atom. The minimum absolute atomic E-state index is 0.807. The van der Waals surface area contributed by atoms with Crippen LogP contribution in [-0.4, -0.2) is 9.78 Å². The summed E-state index contributed by atoms with van der Waals surface area (Å²) in [5.41, 5.74) is 0.983.